The SMILES string of the molecule is CC(=O)c1sc(NC(=O)/C=C/c2cccc(Cl)c2)nc1C. The maximum atomic E-state index is 11.8. The van der Waals surface area contributed by atoms with Gasteiger partial charge >= 0.3 is 0 Å². The minimum Gasteiger partial charge on any atom is -0.298 e. The van der Waals surface area contributed by atoms with Gasteiger partial charge in [0.2, 0.25) is 5.91 Å². The number of hydrogen-bond donors (Lipinski definition) is 1. The quantitative estimate of drug-likeness (QED) is 0.685. The van der Waals surface area contributed by atoms with Gasteiger partial charge < -0.3 is 0 Å². The lowest BCUT2D eigenvalue weighted by Gasteiger charge is -1.96. The third kappa shape index (κ3) is 4.24. The second kappa shape index (κ2) is 6.65. The zero-order valence-electron chi connectivity index (χ0n) is 11.5. The van der Waals surface area contributed by atoms with Crippen molar-refractivity contribution in [3.05, 3.63) is 51.5 Å². The highest BCUT2D eigenvalue weighted by molar-refractivity contribution is 7.17. The van der Waals surface area contributed by atoms with Crippen molar-refractivity contribution in [2.45, 2.75) is 13.8 Å². The number of carbonyl (C=O) groups is 2. The molecule has 1 amide bonds. The van der Waals surface area contributed by atoms with Crippen LogP contribution in [0, 0.1) is 6.92 Å². The largest absolute Gasteiger partial charge is 0.298 e. The van der Waals surface area contributed by atoms with Crippen molar-refractivity contribution in [1.82, 2.24) is 4.98 Å². The molecular weight excluding hydrogens is 308 g/mol. The van der Waals surface area contributed by atoms with Crippen molar-refractivity contribution in [2.75, 3.05) is 5.32 Å². The van der Waals surface area contributed by atoms with E-state index in [4.69, 9.17) is 11.6 Å². The molecule has 1 heterocycles. The first-order chi connectivity index (χ1) is 9.95. The highest BCUT2D eigenvalue weighted by atomic mass is 35.5. The molecule has 0 unspecified atom stereocenters. The van der Waals surface area contributed by atoms with E-state index in [1.807, 2.05) is 12.1 Å². The van der Waals surface area contributed by atoms with Gasteiger partial charge in [-0.3, -0.25) is 14.9 Å². The van der Waals surface area contributed by atoms with Crippen molar-refractivity contribution in [3.63, 3.8) is 0 Å². The van der Waals surface area contributed by atoms with Gasteiger partial charge in [-0.2, -0.15) is 0 Å². The molecule has 21 heavy (non-hydrogen) atoms. The molecule has 108 valence electrons. The number of anilines is 1. The van der Waals surface area contributed by atoms with Gasteiger partial charge in [-0.1, -0.05) is 35.1 Å². The molecule has 0 aliphatic heterocycles. The van der Waals surface area contributed by atoms with E-state index in [2.05, 4.69) is 10.3 Å². The number of carbonyl (C=O) groups excluding carboxylic acids is 2. The zero-order valence-corrected chi connectivity index (χ0v) is 13.1. The predicted octanol–water partition coefficient (Wildman–Crippen LogP) is 3.96. The van der Waals surface area contributed by atoms with Crippen LogP contribution in [0.1, 0.15) is 27.9 Å². The maximum absolute atomic E-state index is 11.8. The van der Waals surface area contributed by atoms with Crippen LogP contribution in [-0.4, -0.2) is 16.7 Å². The number of benzene rings is 1. The Morgan fingerprint density at radius 3 is 2.76 bits per heavy atom. The van der Waals surface area contributed by atoms with E-state index < -0.39 is 0 Å². The molecule has 0 fully saturated rings. The lowest BCUT2D eigenvalue weighted by atomic mass is 10.2. The number of hydrogen-bond acceptors (Lipinski definition) is 4. The van der Waals surface area contributed by atoms with E-state index in [1.54, 1.807) is 25.1 Å². The third-order valence-electron chi connectivity index (χ3n) is 2.62. The van der Waals surface area contributed by atoms with Crippen LogP contribution in [0.2, 0.25) is 5.02 Å². The predicted molar refractivity (Wildman–Crippen MR) is 86.0 cm³/mol. The number of thiazole rings is 1. The molecule has 1 aromatic carbocycles. The van der Waals surface area contributed by atoms with Gasteiger partial charge in [0.25, 0.3) is 0 Å². The third-order valence-corrected chi connectivity index (χ3v) is 4.03. The Balaban J connectivity index is 2.05. The molecule has 0 atom stereocenters. The standard InChI is InChI=1S/C15H13ClN2O2S/c1-9-14(10(2)19)21-15(17-9)18-13(20)7-6-11-4-3-5-12(16)8-11/h3-8H,1-2H3,(H,17,18,20)/b7-6+. The number of Topliss-reactive ketones (excluding diaryl/α,β-unsaturated/α-hetero) is 1. The van der Waals surface area contributed by atoms with E-state index in [0.29, 0.717) is 20.7 Å². The highest BCUT2D eigenvalue weighted by Crippen LogP contribution is 2.22. The molecule has 0 spiro atoms. The topological polar surface area (TPSA) is 59.1 Å². The molecule has 0 aliphatic rings. The Morgan fingerprint density at radius 1 is 1.38 bits per heavy atom. The van der Waals surface area contributed by atoms with Crippen LogP contribution in [0.4, 0.5) is 5.13 Å². The molecule has 0 radical (unpaired) electrons. The van der Waals surface area contributed by atoms with Crippen LogP contribution in [0.25, 0.3) is 6.08 Å². The van der Waals surface area contributed by atoms with Crippen molar-refractivity contribution in [1.29, 1.82) is 0 Å². The summed E-state index contributed by atoms with van der Waals surface area (Å²) < 4.78 is 0. The second-order valence-corrected chi connectivity index (χ2v) is 5.80. The Bertz CT molecular complexity index is 722. The van der Waals surface area contributed by atoms with Crippen LogP contribution >= 0.6 is 22.9 Å². The molecule has 1 N–H and O–H groups in total. The Morgan fingerprint density at radius 2 is 2.14 bits per heavy atom. The zero-order chi connectivity index (χ0) is 15.4. The van der Waals surface area contributed by atoms with E-state index in [1.165, 1.54) is 24.3 Å². The monoisotopic (exact) mass is 320 g/mol. The Labute approximate surface area is 131 Å². The summed E-state index contributed by atoms with van der Waals surface area (Å²) in [6.07, 6.45) is 3.06. The fourth-order valence-electron chi connectivity index (χ4n) is 1.71. The smallest absolute Gasteiger partial charge is 0.250 e. The number of rotatable bonds is 4. The molecular formula is C15H13ClN2O2S. The first-order valence-corrected chi connectivity index (χ1v) is 7.38. The summed E-state index contributed by atoms with van der Waals surface area (Å²) in [6.45, 7) is 3.22. The first kappa shape index (κ1) is 15.4. The number of nitrogens with zero attached hydrogens (tertiary/aromatic N) is 1. The van der Waals surface area contributed by atoms with E-state index >= 15 is 0 Å². The van der Waals surface area contributed by atoms with Crippen LogP contribution in [0.15, 0.2) is 30.3 Å². The van der Waals surface area contributed by atoms with Crippen molar-refractivity contribution >= 4 is 45.8 Å². The van der Waals surface area contributed by atoms with Crippen LogP contribution in [0.3, 0.4) is 0 Å². The summed E-state index contributed by atoms with van der Waals surface area (Å²) in [6, 6.07) is 7.17. The molecule has 2 rings (SSSR count). The molecule has 2 aromatic rings. The van der Waals surface area contributed by atoms with Gasteiger partial charge in [-0.25, -0.2) is 4.98 Å². The molecule has 1 aromatic heterocycles. The minimum atomic E-state index is -0.307. The molecule has 0 saturated heterocycles. The summed E-state index contributed by atoms with van der Waals surface area (Å²) >= 11 is 7.04. The molecule has 6 heteroatoms. The van der Waals surface area contributed by atoms with Gasteiger partial charge in [-0.05, 0) is 30.7 Å². The Kier molecular flexibility index (Phi) is 4.88. The van der Waals surface area contributed by atoms with Gasteiger partial charge in [0.15, 0.2) is 10.9 Å². The lowest BCUT2D eigenvalue weighted by Crippen LogP contribution is -2.07. The van der Waals surface area contributed by atoms with Crippen molar-refractivity contribution in [2.24, 2.45) is 0 Å². The maximum Gasteiger partial charge on any atom is 0.250 e. The van der Waals surface area contributed by atoms with Crippen LogP contribution in [-0.2, 0) is 4.79 Å². The van der Waals surface area contributed by atoms with Gasteiger partial charge in [0, 0.05) is 18.0 Å². The molecule has 0 saturated carbocycles. The summed E-state index contributed by atoms with van der Waals surface area (Å²) in [5.74, 6) is -0.362. The Hall–Kier alpha value is -1.98. The fraction of sp³-hybridized carbons (Fsp3) is 0.133. The number of aryl methyl sites for hydroxylation is 1. The highest BCUT2D eigenvalue weighted by Gasteiger charge is 2.12. The van der Waals surface area contributed by atoms with E-state index in [9.17, 15) is 9.59 Å². The lowest BCUT2D eigenvalue weighted by molar-refractivity contribution is -0.111. The van der Waals surface area contributed by atoms with Crippen LogP contribution in [0.5, 0.6) is 0 Å². The second-order valence-electron chi connectivity index (χ2n) is 4.37. The fourth-order valence-corrected chi connectivity index (χ4v) is 2.77. The number of halogens is 1. The minimum absolute atomic E-state index is 0.0556. The number of ketones is 1. The van der Waals surface area contributed by atoms with Crippen molar-refractivity contribution in [3.8, 4) is 0 Å². The van der Waals surface area contributed by atoms with E-state index in [0.717, 1.165) is 5.56 Å². The van der Waals surface area contributed by atoms with Crippen LogP contribution < -0.4 is 5.32 Å². The van der Waals surface area contributed by atoms with Gasteiger partial charge in [-0.15, -0.1) is 0 Å². The summed E-state index contributed by atoms with van der Waals surface area (Å²) in [4.78, 5) is 27.9. The summed E-state index contributed by atoms with van der Waals surface area (Å²) in [5.41, 5.74) is 1.46. The number of amides is 1. The molecule has 0 aliphatic carbocycles. The molecule has 0 bridgehead atoms. The first-order valence-electron chi connectivity index (χ1n) is 6.18. The average molecular weight is 321 g/mol. The number of nitrogens with one attached hydrogen (secondary N) is 1. The van der Waals surface area contributed by atoms with Gasteiger partial charge in [0.1, 0.15) is 0 Å². The average Bonchev–Trinajstić information content (AvgIpc) is 2.77. The van der Waals surface area contributed by atoms with Crippen molar-refractivity contribution < 1.29 is 9.59 Å². The molecule has 4 nitrogen and oxygen atoms in total. The summed E-state index contributed by atoms with van der Waals surface area (Å²) in [5, 5.41) is 3.66. The van der Waals surface area contributed by atoms with Gasteiger partial charge in [0.05, 0.1) is 10.6 Å². The normalized spacial score (nSPS) is 10.8. The summed E-state index contributed by atoms with van der Waals surface area (Å²) in [7, 11) is 0. The van der Waals surface area contributed by atoms with E-state index in [-0.39, 0.29) is 11.7 Å². The number of aromatic nitrogens is 1.